The first-order chi connectivity index (χ1) is 9.68. The van der Waals surface area contributed by atoms with Crippen LogP contribution in [0, 0.1) is 0 Å². The van der Waals surface area contributed by atoms with E-state index in [4.69, 9.17) is 0 Å². The van der Waals surface area contributed by atoms with Crippen LogP contribution in [0.5, 0.6) is 0 Å². The number of hydrogen-bond donors (Lipinski definition) is 1. The van der Waals surface area contributed by atoms with Crippen molar-refractivity contribution in [1.29, 1.82) is 0 Å². The molecule has 0 aromatic carbocycles. The molecule has 7 nitrogen and oxygen atoms in total. The first kappa shape index (κ1) is 13.2. The van der Waals surface area contributed by atoms with Crippen molar-refractivity contribution in [3.63, 3.8) is 0 Å². The molecule has 0 spiro atoms. The van der Waals surface area contributed by atoms with E-state index in [1.165, 1.54) is 16.7 Å². The molecule has 8 heteroatoms. The van der Waals surface area contributed by atoms with Gasteiger partial charge in [0, 0.05) is 43.8 Å². The van der Waals surface area contributed by atoms with E-state index < -0.39 is 10.0 Å². The Labute approximate surface area is 117 Å². The van der Waals surface area contributed by atoms with Crippen LogP contribution in [0.2, 0.25) is 0 Å². The number of H-pyrrole nitrogens is 1. The third-order valence-electron chi connectivity index (χ3n) is 3.57. The van der Waals surface area contributed by atoms with Gasteiger partial charge in [-0.3, -0.25) is 15.1 Å². The normalized spacial score (nSPS) is 18.2. The number of aromatic amines is 1. The highest BCUT2D eigenvalue weighted by molar-refractivity contribution is 7.89. The van der Waals surface area contributed by atoms with Crippen LogP contribution in [-0.2, 0) is 10.0 Å². The Hall–Kier alpha value is -1.80. The van der Waals surface area contributed by atoms with Crippen LogP contribution >= 0.6 is 0 Å². The Morgan fingerprint density at radius 2 is 2.00 bits per heavy atom. The number of piperidine rings is 1. The molecule has 0 saturated carbocycles. The summed E-state index contributed by atoms with van der Waals surface area (Å²) in [4.78, 5) is 8.57. The standard InChI is InChI=1S/C12H15N5O2S/c18-20(19,11-7-15-16-8-11)17-5-1-10(2-6-17)12-9-13-3-4-14-12/h3-4,7-10H,1-2,5-6H2,(H,15,16). The topological polar surface area (TPSA) is 91.8 Å². The summed E-state index contributed by atoms with van der Waals surface area (Å²) < 4.78 is 26.2. The van der Waals surface area contributed by atoms with E-state index in [1.807, 2.05) is 0 Å². The Morgan fingerprint density at radius 1 is 1.20 bits per heavy atom. The highest BCUT2D eigenvalue weighted by Gasteiger charge is 2.30. The first-order valence-electron chi connectivity index (χ1n) is 6.43. The van der Waals surface area contributed by atoms with Gasteiger partial charge in [-0.2, -0.15) is 9.40 Å². The number of rotatable bonds is 3. The van der Waals surface area contributed by atoms with E-state index in [2.05, 4.69) is 20.2 Å². The molecule has 2 aromatic heterocycles. The van der Waals surface area contributed by atoms with Crippen LogP contribution in [-0.4, -0.2) is 46.0 Å². The predicted molar refractivity (Wildman–Crippen MR) is 71.4 cm³/mol. The van der Waals surface area contributed by atoms with Crippen LogP contribution in [0.1, 0.15) is 24.5 Å². The lowest BCUT2D eigenvalue weighted by molar-refractivity contribution is 0.316. The van der Waals surface area contributed by atoms with Gasteiger partial charge in [0.05, 0.1) is 11.9 Å². The van der Waals surface area contributed by atoms with Crippen molar-refractivity contribution in [1.82, 2.24) is 24.5 Å². The summed E-state index contributed by atoms with van der Waals surface area (Å²) in [6, 6.07) is 0. The molecule has 2 aromatic rings. The van der Waals surface area contributed by atoms with Gasteiger partial charge in [-0.25, -0.2) is 8.42 Å². The van der Waals surface area contributed by atoms with Crippen molar-refractivity contribution in [3.05, 3.63) is 36.7 Å². The molecule has 3 heterocycles. The van der Waals surface area contributed by atoms with Crippen molar-refractivity contribution >= 4 is 10.0 Å². The molecule has 0 radical (unpaired) electrons. The largest absolute Gasteiger partial charge is 0.284 e. The number of sulfonamides is 1. The van der Waals surface area contributed by atoms with Gasteiger partial charge in [-0.1, -0.05) is 0 Å². The second-order valence-electron chi connectivity index (χ2n) is 4.74. The van der Waals surface area contributed by atoms with Crippen LogP contribution in [0.15, 0.2) is 35.9 Å². The van der Waals surface area contributed by atoms with Gasteiger partial charge >= 0.3 is 0 Å². The Bertz CT molecular complexity index is 648. The van der Waals surface area contributed by atoms with Crippen LogP contribution in [0.4, 0.5) is 0 Å². The van der Waals surface area contributed by atoms with Crippen molar-refractivity contribution in [2.75, 3.05) is 13.1 Å². The lowest BCUT2D eigenvalue weighted by Gasteiger charge is -2.30. The number of nitrogens with one attached hydrogen (secondary N) is 1. The molecule has 0 atom stereocenters. The molecule has 0 bridgehead atoms. The molecule has 0 unspecified atom stereocenters. The quantitative estimate of drug-likeness (QED) is 0.902. The summed E-state index contributed by atoms with van der Waals surface area (Å²) in [7, 11) is -3.42. The van der Waals surface area contributed by atoms with Gasteiger partial charge in [-0.15, -0.1) is 0 Å². The molecule has 1 aliphatic heterocycles. The second kappa shape index (κ2) is 5.29. The SMILES string of the molecule is O=S(=O)(c1cn[nH]c1)N1CCC(c2cnccn2)CC1. The molecule has 1 N–H and O–H groups in total. The lowest BCUT2D eigenvalue weighted by Crippen LogP contribution is -2.37. The molecule has 106 valence electrons. The van der Waals surface area contributed by atoms with Crippen LogP contribution in [0.25, 0.3) is 0 Å². The number of aromatic nitrogens is 4. The van der Waals surface area contributed by atoms with E-state index in [9.17, 15) is 8.42 Å². The zero-order chi connectivity index (χ0) is 14.0. The average Bonchev–Trinajstić information content (AvgIpc) is 3.03. The summed E-state index contributed by atoms with van der Waals surface area (Å²) in [6.07, 6.45) is 9.33. The molecule has 1 fully saturated rings. The number of hydrogen-bond acceptors (Lipinski definition) is 5. The monoisotopic (exact) mass is 293 g/mol. The summed E-state index contributed by atoms with van der Waals surface area (Å²) in [6.45, 7) is 0.990. The fourth-order valence-corrected chi connectivity index (χ4v) is 3.82. The molecule has 0 aliphatic carbocycles. The van der Waals surface area contributed by atoms with E-state index in [1.54, 1.807) is 18.6 Å². The van der Waals surface area contributed by atoms with Crippen molar-refractivity contribution < 1.29 is 8.42 Å². The maximum absolute atomic E-state index is 12.3. The van der Waals surface area contributed by atoms with Gasteiger partial charge in [0.15, 0.2) is 0 Å². The third kappa shape index (κ3) is 2.44. The molecule has 3 rings (SSSR count). The summed E-state index contributed by atoms with van der Waals surface area (Å²) in [5.74, 6) is 0.277. The smallest absolute Gasteiger partial charge is 0.246 e. The molecule has 20 heavy (non-hydrogen) atoms. The summed E-state index contributed by atoms with van der Waals surface area (Å²) in [5.41, 5.74) is 0.938. The van der Waals surface area contributed by atoms with Crippen molar-refractivity contribution in [2.24, 2.45) is 0 Å². The highest BCUT2D eigenvalue weighted by atomic mass is 32.2. The van der Waals surface area contributed by atoms with E-state index in [0.29, 0.717) is 13.1 Å². The van der Waals surface area contributed by atoms with Gasteiger partial charge in [0.1, 0.15) is 4.90 Å². The molecular weight excluding hydrogens is 278 g/mol. The molecular formula is C12H15N5O2S. The Balaban J connectivity index is 1.70. The highest BCUT2D eigenvalue weighted by Crippen LogP contribution is 2.28. The maximum Gasteiger partial charge on any atom is 0.246 e. The zero-order valence-corrected chi connectivity index (χ0v) is 11.6. The molecule has 0 amide bonds. The molecule has 1 saturated heterocycles. The Kier molecular flexibility index (Phi) is 3.49. The summed E-state index contributed by atoms with van der Waals surface area (Å²) in [5, 5.41) is 6.23. The third-order valence-corrected chi connectivity index (χ3v) is 5.43. The fourth-order valence-electron chi connectivity index (χ4n) is 2.44. The van der Waals surface area contributed by atoms with Crippen molar-refractivity contribution in [2.45, 2.75) is 23.7 Å². The summed E-state index contributed by atoms with van der Waals surface area (Å²) >= 11 is 0. The minimum atomic E-state index is -3.42. The lowest BCUT2D eigenvalue weighted by atomic mass is 9.95. The van der Waals surface area contributed by atoms with E-state index in [0.717, 1.165) is 18.5 Å². The maximum atomic E-state index is 12.3. The van der Waals surface area contributed by atoms with E-state index >= 15 is 0 Å². The number of nitrogens with zero attached hydrogens (tertiary/aromatic N) is 4. The first-order valence-corrected chi connectivity index (χ1v) is 7.87. The van der Waals surface area contributed by atoms with Crippen LogP contribution in [0.3, 0.4) is 0 Å². The predicted octanol–water partition coefficient (Wildman–Crippen LogP) is 0.768. The van der Waals surface area contributed by atoms with Gasteiger partial charge in [0.25, 0.3) is 0 Å². The molecule has 1 aliphatic rings. The van der Waals surface area contributed by atoms with Crippen molar-refractivity contribution in [3.8, 4) is 0 Å². The van der Waals surface area contributed by atoms with Crippen LogP contribution < -0.4 is 0 Å². The Morgan fingerprint density at radius 3 is 2.60 bits per heavy atom. The average molecular weight is 293 g/mol. The van der Waals surface area contributed by atoms with Gasteiger partial charge < -0.3 is 0 Å². The fraction of sp³-hybridized carbons (Fsp3) is 0.417. The minimum Gasteiger partial charge on any atom is -0.284 e. The minimum absolute atomic E-state index is 0.218. The second-order valence-corrected chi connectivity index (χ2v) is 6.68. The van der Waals surface area contributed by atoms with E-state index in [-0.39, 0.29) is 10.8 Å². The zero-order valence-electron chi connectivity index (χ0n) is 10.8. The van der Waals surface area contributed by atoms with Gasteiger partial charge in [-0.05, 0) is 12.8 Å². The van der Waals surface area contributed by atoms with Gasteiger partial charge in [0.2, 0.25) is 10.0 Å².